The third-order valence-corrected chi connectivity index (χ3v) is 2.28. The minimum atomic E-state index is -2.95. The molecule has 0 unspecified atom stereocenters. The van der Waals surface area contributed by atoms with Crippen LogP contribution < -0.4 is 5.73 Å². The zero-order valence-electron chi connectivity index (χ0n) is 7.38. The molecule has 0 atom stereocenters. The number of hydrogen-bond donors (Lipinski definition) is 2. The molecule has 1 heterocycles. The normalized spacial score (nSPS) is 10.7. The van der Waals surface area contributed by atoms with Crippen LogP contribution in [0, 0.1) is 0 Å². The number of aromatic carboxylic acids is 1. The number of pyridine rings is 1. The van der Waals surface area contributed by atoms with Crippen LogP contribution in [0.3, 0.4) is 0 Å². The molecule has 0 bridgehead atoms. The Kier molecular flexibility index (Phi) is 3.57. The maximum absolute atomic E-state index is 12.5. The van der Waals surface area contributed by atoms with Crippen LogP contribution in [0.1, 0.15) is 28.2 Å². The van der Waals surface area contributed by atoms with Gasteiger partial charge in [0, 0.05) is 11.0 Å². The number of anilines is 1. The highest BCUT2D eigenvalue weighted by atomic mass is 79.9. The standard InChI is InChI=1S/C8H7BrF2N2O2/c9-2-3-1-4(12)5(7(10)11)6(13-3)8(14)15/h1,7H,2H2,(H2,12,13)(H,14,15). The Bertz CT molecular complexity index is 398. The molecule has 1 aromatic rings. The molecule has 0 saturated carbocycles. The highest BCUT2D eigenvalue weighted by molar-refractivity contribution is 9.08. The van der Waals surface area contributed by atoms with E-state index in [4.69, 9.17) is 10.8 Å². The Hall–Kier alpha value is -1.24. The van der Waals surface area contributed by atoms with E-state index in [0.717, 1.165) is 0 Å². The first-order chi connectivity index (χ1) is 6.97. The van der Waals surface area contributed by atoms with E-state index >= 15 is 0 Å². The van der Waals surface area contributed by atoms with Crippen LogP contribution >= 0.6 is 15.9 Å². The fourth-order valence-electron chi connectivity index (χ4n) is 1.09. The van der Waals surface area contributed by atoms with Crippen molar-refractivity contribution in [2.45, 2.75) is 11.8 Å². The number of nitrogens with zero attached hydrogens (tertiary/aromatic N) is 1. The van der Waals surface area contributed by atoms with Gasteiger partial charge >= 0.3 is 5.97 Å². The number of nitrogens with two attached hydrogens (primary N) is 1. The molecule has 4 nitrogen and oxygen atoms in total. The molecule has 1 rings (SSSR count). The lowest BCUT2D eigenvalue weighted by atomic mass is 10.1. The molecule has 0 aliphatic heterocycles. The van der Waals surface area contributed by atoms with Gasteiger partial charge in [0.1, 0.15) is 0 Å². The topological polar surface area (TPSA) is 76.2 Å². The van der Waals surface area contributed by atoms with Crippen molar-refractivity contribution < 1.29 is 18.7 Å². The summed E-state index contributed by atoms with van der Waals surface area (Å²) in [5.41, 5.74) is 3.95. The van der Waals surface area contributed by atoms with Crippen LogP contribution in [-0.2, 0) is 5.33 Å². The lowest BCUT2D eigenvalue weighted by molar-refractivity contribution is 0.0677. The summed E-state index contributed by atoms with van der Waals surface area (Å²) >= 11 is 3.04. The number of carboxylic acids is 1. The van der Waals surface area contributed by atoms with Crippen LogP contribution in [0.25, 0.3) is 0 Å². The summed E-state index contributed by atoms with van der Waals surface area (Å²) in [6.07, 6.45) is -2.95. The van der Waals surface area contributed by atoms with Crippen molar-refractivity contribution in [1.82, 2.24) is 4.98 Å². The van der Waals surface area contributed by atoms with E-state index < -0.39 is 23.7 Å². The number of alkyl halides is 3. The lowest BCUT2D eigenvalue weighted by Gasteiger charge is -2.09. The first-order valence-corrected chi connectivity index (χ1v) is 4.96. The van der Waals surface area contributed by atoms with Gasteiger partial charge in [-0.2, -0.15) is 0 Å². The molecule has 0 spiro atoms. The quantitative estimate of drug-likeness (QED) is 0.833. The van der Waals surface area contributed by atoms with Gasteiger partial charge < -0.3 is 10.8 Å². The predicted octanol–water partition coefficient (Wildman–Crippen LogP) is 2.19. The van der Waals surface area contributed by atoms with E-state index in [1.54, 1.807) is 0 Å². The summed E-state index contributed by atoms with van der Waals surface area (Å²) in [4.78, 5) is 14.2. The second-order valence-corrected chi connectivity index (χ2v) is 3.27. The summed E-state index contributed by atoms with van der Waals surface area (Å²) in [5.74, 6) is -1.51. The molecule has 7 heteroatoms. The van der Waals surface area contributed by atoms with Gasteiger partial charge in [0.25, 0.3) is 6.43 Å². The molecule has 3 N–H and O–H groups in total. The van der Waals surface area contributed by atoms with Crippen molar-refractivity contribution >= 4 is 27.6 Å². The third kappa shape index (κ3) is 2.41. The van der Waals surface area contributed by atoms with Gasteiger partial charge in [0.15, 0.2) is 5.69 Å². The second-order valence-electron chi connectivity index (χ2n) is 2.70. The predicted molar refractivity (Wildman–Crippen MR) is 53.2 cm³/mol. The van der Waals surface area contributed by atoms with E-state index in [-0.39, 0.29) is 11.0 Å². The Morgan fingerprint density at radius 1 is 1.67 bits per heavy atom. The molecule has 82 valence electrons. The SMILES string of the molecule is Nc1cc(CBr)nc(C(=O)O)c1C(F)F. The summed E-state index contributed by atoms with van der Waals surface area (Å²) < 4.78 is 25.0. The van der Waals surface area contributed by atoms with Crippen molar-refractivity contribution in [3.8, 4) is 0 Å². The molecule has 0 amide bonds. The minimum absolute atomic E-state index is 0.251. The van der Waals surface area contributed by atoms with Crippen LogP contribution in [-0.4, -0.2) is 16.1 Å². The number of aromatic nitrogens is 1. The maximum atomic E-state index is 12.5. The fraction of sp³-hybridized carbons (Fsp3) is 0.250. The summed E-state index contributed by atoms with van der Waals surface area (Å²) in [6, 6.07) is 1.22. The molecule has 0 fully saturated rings. The Balaban J connectivity index is 3.42. The summed E-state index contributed by atoms with van der Waals surface area (Å²) in [7, 11) is 0. The molecule has 0 aromatic carbocycles. The number of halogens is 3. The minimum Gasteiger partial charge on any atom is -0.476 e. The second kappa shape index (κ2) is 4.52. The highest BCUT2D eigenvalue weighted by Crippen LogP contribution is 2.28. The Morgan fingerprint density at radius 3 is 2.67 bits per heavy atom. The van der Waals surface area contributed by atoms with Crippen molar-refractivity contribution in [1.29, 1.82) is 0 Å². The largest absolute Gasteiger partial charge is 0.476 e. The molecule has 0 aliphatic rings. The number of nitrogen functional groups attached to an aromatic ring is 1. The molecule has 0 radical (unpaired) electrons. The van der Waals surface area contributed by atoms with Crippen LogP contribution in [0.2, 0.25) is 0 Å². The molecule has 1 aromatic heterocycles. The van der Waals surface area contributed by atoms with Gasteiger partial charge in [-0.05, 0) is 6.07 Å². The van der Waals surface area contributed by atoms with Crippen molar-refractivity contribution in [3.63, 3.8) is 0 Å². The van der Waals surface area contributed by atoms with E-state index in [0.29, 0.717) is 5.69 Å². The zero-order chi connectivity index (χ0) is 11.6. The molecular weight excluding hydrogens is 274 g/mol. The van der Waals surface area contributed by atoms with Crippen LogP contribution in [0.5, 0.6) is 0 Å². The first kappa shape index (κ1) is 11.8. The molecule has 0 saturated heterocycles. The lowest BCUT2D eigenvalue weighted by Crippen LogP contribution is -2.11. The first-order valence-electron chi connectivity index (χ1n) is 3.84. The number of rotatable bonds is 3. The van der Waals surface area contributed by atoms with Crippen LogP contribution in [0.15, 0.2) is 6.07 Å². The van der Waals surface area contributed by atoms with Gasteiger partial charge in [-0.1, -0.05) is 15.9 Å². The van der Waals surface area contributed by atoms with Crippen molar-refractivity contribution in [3.05, 3.63) is 23.0 Å². The third-order valence-electron chi connectivity index (χ3n) is 1.70. The average molecular weight is 281 g/mol. The maximum Gasteiger partial charge on any atom is 0.355 e. The van der Waals surface area contributed by atoms with Gasteiger partial charge in [0.05, 0.1) is 11.3 Å². The Morgan fingerprint density at radius 2 is 2.27 bits per heavy atom. The van der Waals surface area contributed by atoms with Gasteiger partial charge in [-0.25, -0.2) is 18.6 Å². The molecular formula is C8H7BrF2N2O2. The van der Waals surface area contributed by atoms with E-state index in [2.05, 4.69) is 20.9 Å². The molecule has 0 aliphatic carbocycles. The number of hydrogen-bond acceptors (Lipinski definition) is 3. The highest BCUT2D eigenvalue weighted by Gasteiger charge is 2.23. The number of carboxylic acid groups (broad SMARTS) is 1. The summed E-state index contributed by atoms with van der Waals surface area (Å²) in [6.45, 7) is 0. The monoisotopic (exact) mass is 280 g/mol. The van der Waals surface area contributed by atoms with Crippen molar-refractivity contribution in [2.75, 3.05) is 5.73 Å². The molecule has 15 heavy (non-hydrogen) atoms. The van der Waals surface area contributed by atoms with Crippen molar-refractivity contribution in [2.24, 2.45) is 0 Å². The van der Waals surface area contributed by atoms with E-state index in [1.807, 2.05) is 0 Å². The fourth-order valence-corrected chi connectivity index (χ4v) is 1.38. The summed E-state index contributed by atoms with van der Waals surface area (Å²) in [5, 5.41) is 8.94. The zero-order valence-corrected chi connectivity index (χ0v) is 8.96. The average Bonchev–Trinajstić information content (AvgIpc) is 2.15. The van der Waals surface area contributed by atoms with Gasteiger partial charge in [0.2, 0.25) is 0 Å². The Labute approximate surface area is 92.2 Å². The van der Waals surface area contributed by atoms with Crippen LogP contribution in [0.4, 0.5) is 14.5 Å². The van der Waals surface area contributed by atoms with Gasteiger partial charge in [-0.3, -0.25) is 0 Å². The number of carbonyl (C=O) groups is 1. The van der Waals surface area contributed by atoms with E-state index in [9.17, 15) is 13.6 Å². The smallest absolute Gasteiger partial charge is 0.355 e. The van der Waals surface area contributed by atoms with E-state index in [1.165, 1.54) is 6.07 Å². The van der Waals surface area contributed by atoms with Gasteiger partial charge in [-0.15, -0.1) is 0 Å².